The minimum absolute atomic E-state index is 0.0485. The monoisotopic (exact) mass is 316 g/mol. The first-order valence-electron chi connectivity index (χ1n) is 8.26. The Morgan fingerprint density at radius 2 is 2.04 bits per heavy atom. The fourth-order valence-corrected chi connectivity index (χ4v) is 3.73. The summed E-state index contributed by atoms with van der Waals surface area (Å²) in [5.74, 6) is 0.272. The number of para-hydroxylation sites is 1. The van der Waals surface area contributed by atoms with Crippen molar-refractivity contribution in [2.75, 3.05) is 31.6 Å². The predicted molar refractivity (Wildman–Crippen MR) is 88.3 cm³/mol. The van der Waals surface area contributed by atoms with Gasteiger partial charge in [0.15, 0.2) is 0 Å². The molecule has 1 aromatic carbocycles. The average molecular weight is 316 g/mol. The van der Waals surface area contributed by atoms with Crippen molar-refractivity contribution in [1.82, 2.24) is 4.90 Å². The minimum Gasteiger partial charge on any atom is -0.381 e. The lowest BCUT2D eigenvalue weighted by Gasteiger charge is -2.37. The Kier molecular flexibility index (Phi) is 4.66. The molecule has 5 heteroatoms. The summed E-state index contributed by atoms with van der Waals surface area (Å²) in [6.07, 6.45) is 2.19. The van der Waals surface area contributed by atoms with E-state index in [-0.39, 0.29) is 23.8 Å². The zero-order valence-corrected chi connectivity index (χ0v) is 13.8. The Morgan fingerprint density at radius 1 is 1.26 bits per heavy atom. The van der Waals surface area contributed by atoms with Crippen LogP contribution in [0.4, 0.5) is 5.69 Å². The number of ether oxygens (including phenoxy) is 1. The maximum absolute atomic E-state index is 12.8. The van der Waals surface area contributed by atoms with E-state index in [0.29, 0.717) is 19.5 Å². The van der Waals surface area contributed by atoms with Crippen molar-refractivity contribution in [3.05, 3.63) is 29.8 Å². The molecular weight excluding hydrogens is 292 g/mol. The quantitative estimate of drug-likeness (QED) is 0.855. The first-order chi connectivity index (χ1) is 11.1. The van der Waals surface area contributed by atoms with Crippen LogP contribution in [0, 0.1) is 5.92 Å². The maximum Gasteiger partial charge on any atom is 0.227 e. The van der Waals surface area contributed by atoms with Gasteiger partial charge in [0, 0.05) is 51.7 Å². The van der Waals surface area contributed by atoms with E-state index >= 15 is 0 Å². The van der Waals surface area contributed by atoms with Gasteiger partial charge in [0.1, 0.15) is 0 Å². The van der Waals surface area contributed by atoms with E-state index in [1.807, 2.05) is 28.0 Å². The molecule has 1 aromatic rings. The largest absolute Gasteiger partial charge is 0.381 e. The van der Waals surface area contributed by atoms with Gasteiger partial charge in [-0.05, 0) is 24.5 Å². The number of nitrogens with zero attached hydrogens (tertiary/aromatic N) is 2. The van der Waals surface area contributed by atoms with E-state index in [9.17, 15) is 9.59 Å². The molecule has 0 N–H and O–H groups in total. The number of hydrogen-bond donors (Lipinski definition) is 0. The fourth-order valence-electron chi connectivity index (χ4n) is 3.73. The van der Waals surface area contributed by atoms with E-state index in [1.165, 1.54) is 5.56 Å². The number of amides is 2. The maximum atomic E-state index is 12.8. The molecule has 2 amide bonds. The molecule has 0 aromatic heterocycles. The molecule has 2 atom stereocenters. The van der Waals surface area contributed by atoms with Gasteiger partial charge >= 0.3 is 0 Å². The highest BCUT2D eigenvalue weighted by Crippen LogP contribution is 2.30. The first kappa shape index (κ1) is 16.0. The molecule has 2 aliphatic heterocycles. The summed E-state index contributed by atoms with van der Waals surface area (Å²) < 4.78 is 5.56. The zero-order valence-electron chi connectivity index (χ0n) is 13.8. The number of fused-ring (bicyclic) bond motifs is 1. The average Bonchev–Trinajstić information content (AvgIpc) is 2.98. The number of piperidine rings is 1. The topological polar surface area (TPSA) is 49.9 Å². The molecular formula is C18H24N2O3. The van der Waals surface area contributed by atoms with Crippen LogP contribution in [0.5, 0.6) is 0 Å². The number of benzene rings is 1. The second kappa shape index (κ2) is 6.71. The third kappa shape index (κ3) is 3.24. The number of carbonyl (C=O) groups excluding carboxylic acids is 2. The van der Waals surface area contributed by atoms with Crippen LogP contribution < -0.4 is 4.90 Å². The van der Waals surface area contributed by atoms with Crippen molar-refractivity contribution in [3.8, 4) is 0 Å². The molecule has 1 fully saturated rings. The molecule has 0 saturated carbocycles. The van der Waals surface area contributed by atoms with Crippen molar-refractivity contribution < 1.29 is 14.3 Å². The Bertz CT molecular complexity index is 602. The summed E-state index contributed by atoms with van der Waals surface area (Å²) in [6, 6.07) is 8.08. The van der Waals surface area contributed by atoms with Crippen molar-refractivity contribution in [2.24, 2.45) is 5.92 Å². The standard InChI is InChI=1S/C18H24N2O3/c1-13(21)19-9-8-17(23-2)15(12-19)11-18(22)20-10-7-14-5-3-4-6-16(14)20/h3-6,15,17H,7-12H2,1-2H3/t15-,17-/m1/s1. The highest BCUT2D eigenvalue weighted by atomic mass is 16.5. The molecule has 5 nitrogen and oxygen atoms in total. The number of rotatable bonds is 3. The van der Waals surface area contributed by atoms with Crippen LogP contribution in [0.25, 0.3) is 0 Å². The Balaban J connectivity index is 1.70. The van der Waals surface area contributed by atoms with Crippen LogP contribution in [-0.2, 0) is 20.7 Å². The Morgan fingerprint density at radius 3 is 2.78 bits per heavy atom. The van der Waals surface area contributed by atoms with Gasteiger partial charge in [0.05, 0.1) is 6.10 Å². The molecule has 2 heterocycles. The number of methoxy groups -OCH3 is 1. The fraction of sp³-hybridized carbons (Fsp3) is 0.556. The molecule has 2 aliphatic rings. The van der Waals surface area contributed by atoms with Gasteiger partial charge < -0.3 is 14.5 Å². The highest BCUT2D eigenvalue weighted by molar-refractivity contribution is 5.95. The first-order valence-corrected chi connectivity index (χ1v) is 8.26. The van der Waals surface area contributed by atoms with Crippen LogP contribution in [0.15, 0.2) is 24.3 Å². The second-order valence-electron chi connectivity index (χ2n) is 6.42. The highest BCUT2D eigenvalue weighted by Gasteiger charge is 2.34. The van der Waals surface area contributed by atoms with Crippen LogP contribution in [0.2, 0.25) is 0 Å². The van der Waals surface area contributed by atoms with Crippen molar-refractivity contribution in [1.29, 1.82) is 0 Å². The lowest BCUT2D eigenvalue weighted by Crippen LogP contribution is -2.47. The predicted octanol–water partition coefficient (Wildman–Crippen LogP) is 1.85. The number of hydrogen-bond acceptors (Lipinski definition) is 3. The number of likely N-dealkylation sites (tertiary alicyclic amines) is 1. The molecule has 23 heavy (non-hydrogen) atoms. The lowest BCUT2D eigenvalue weighted by atomic mass is 9.91. The lowest BCUT2D eigenvalue weighted by molar-refractivity contribution is -0.135. The van der Waals surface area contributed by atoms with Crippen LogP contribution in [0.3, 0.4) is 0 Å². The van der Waals surface area contributed by atoms with Crippen LogP contribution in [-0.4, -0.2) is 49.6 Å². The summed E-state index contributed by atoms with van der Waals surface area (Å²) in [6.45, 7) is 3.65. The van der Waals surface area contributed by atoms with Gasteiger partial charge in [-0.25, -0.2) is 0 Å². The Labute approximate surface area is 137 Å². The Hall–Kier alpha value is -1.88. The molecule has 0 bridgehead atoms. The van der Waals surface area contributed by atoms with E-state index in [4.69, 9.17) is 4.74 Å². The number of carbonyl (C=O) groups is 2. The molecule has 0 unspecified atom stereocenters. The van der Waals surface area contributed by atoms with E-state index in [2.05, 4.69) is 6.07 Å². The van der Waals surface area contributed by atoms with Gasteiger partial charge in [-0.3, -0.25) is 9.59 Å². The summed E-state index contributed by atoms with van der Waals surface area (Å²) in [5.41, 5.74) is 2.27. The molecule has 0 aliphatic carbocycles. The summed E-state index contributed by atoms with van der Waals surface area (Å²) >= 11 is 0. The van der Waals surface area contributed by atoms with Gasteiger partial charge in [-0.15, -0.1) is 0 Å². The van der Waals surface area contributed by atoms with E-state index < -0.39 is 0 Å². The van der Waals surface area contributed by atoms with Gasteiger partial charge in [-0.2, -0.15) is 0 Å². The zero-order chi connectivity index (χ0) is 16.4. The normalized spacial score (nSPS) is 23.7. The molecule has 124 valence electrons. The van der Waals surface area contributed by atoms with E-state index in [0.717, 1.165) is 25.1 Å². The minimum atomic E-state index is 0.0485. The van der Waals surface area contributed by atoms with Crippen molar-refractivity contribution in [2.45, 2.75) is 32.3 Å². The van der Waals surface area contributed by atoms with E-state index in [1.54, 1.807) is 14.0 Å². The SMILES string of the molecule is CO[C@@H]1CCN(C(C)=O)C[C@H]1CC(=O)N1CCc2ccccc21. The molecule has 3 rings (SSSR count). The smallest absolute Gasteiger partial charge is 0.227 e. The van der Waals surface area contributed by atoms with Gasteiger partial charge in [0.25, 0.3) is 0 Å². The van der Waals surface area contributed by atoms with Crippen molar-refractivity contribution in [3.63, 3.8) is 0 Å². The summed E-state index contributed by atoms with van der Waals surface area (Å²) in [7, 11) is 1.69. The van der Waals surface area contributed by atoms with Gasteiger partial charge in [0.2, 0.25) is 11.8 Å². The number of anilines is 1. The van der Waals surface area contributed by atoms with Crippen LogP contribution >= 0.6 is 0 Å². The third-order valence-electron chi connectivity index (χ3n) is 5.04. The summed E-state index contributed by atoms with van der Waals surface area (Å²) in [5, 5.41) is 0. The van der Waals surface area contributed by atoms with Crippen molar-refractivity contribution >= 4 is 17.5 Å². The van der Waals surface area contributed by atoms with Crippen LogP contribution in [0.1, 0.15) is 25.3 Å². The second-order valence-corrected chi connectivity index (χ2v) is 6.42. The molecule has 1 saturated heterocycles. The summed E-state index contributed by atoms with van der Waals surface area (Å²) in [4.78, 5) is 28.1. The third-order valence-corrected chi connectivity index (χ3v) is 5.04. The molecule has 0 radical (unpaired) electrons. The van der Waals surface area contributed by atoms with Gasteiger partial charge in [-0.1, -0.05) is 18.2 Å². The molecule has 0 spiro atoms.